The van der Waals surface area contributed by atoms with Crippen LogP contribution in [0.5, 0.6) is 0 Å². The van der Waals surface area contributed by atoms with Crippen molar-refractivity contribution in [3.63, 3.8) is 0 Å². The first-order valence-electron chi connectivity index (χ1n) is 6.67. The predicted molar refractivity (Wildman–Crippen MR) is 76.3 cm³/mol. The van der Waals surface area contributed by atoms with Crippen molar-refractivity contribution in [2.75, 3.05) is 24.6 Å². The predicted octanol–water partition coefficient (Wildman–Crippen LogP) is 1.67. The molecule has 19 heavy (non-hydrogen) atoms. The zero-order valence-electron chi connectivity index (χ0n) is 11.8. The zero-order chi connectivity index (χ0) is 14.0. The van der Waals surface area contributed by atoms with Gasteiger partial charge in [-0.25, -0.2) is 0 Å². The number of hydrogen-bond acceptors (Lipinski definition) is 3. The second-order valence-electron chi connectivity index (χ2n) is 5.88. The highest BCUT2D eigenvalue weighted by Gasteiger charge is 2.29. The average molecular weight is 262 g/mol. The molecule has 2 N–H and O–H groups in total. The molecule has 1 amide bonds. The van der Waals surface area contributed by atoms with E-state index in [2.05, 4.69) is 32.9 Å². The summed E-state index contributed by atoms with van der Waals surface area (Å²) in [7, 11) is 0. The first-order valence-corrected chi connectivity index (χ1v) is 6.67. The van der Waals surface area contributed by atoms with Crippen LogP contribution in [0.4, 0.5) is 5.69 Å². The Morgan fingerprint density at radius 2 is 1.95 bits per heavy atom. The topological polar surface area (TPSA) is 55.6 Å². The highest BCUT2D eigenvalue weighted by Crippen LogP contribution is 2.26. The van der Waals surface area contributed by atoms with Crippen molar-refractivity contribution in [3.05, 3.63) is 29.8 Å². The van der Waals surface area contributed by atoms with Crippen molar-refractivity contribution >= 4 is 11.6 Å². The maximum absolute atomic E-state index is 12.2. The number of anilines is 1. The number of nitrogens with two attached hydrogens (primary N) is 1. The van der Waals surface area contributed by atoms with E-state index < -0.39 is 6.10 Å². The molecule has 1 aromatic carbocycles. The quantitative estimate of drug-likeness (QED) is 0.882. The molecular formula is C15H22N2O2. The molecule has 1 heterocycles. The fourth-order valence-corrected chi connectivity index (χ4v) is 2.21. The third-order valence-corrected chi connectivity index (χ3v) is 3.43. The van der Waals surface area contributed by atoms with Crippen molar-refractivity contribution in [1.82, 2.24) is 0 Å². The number of morpholine rings is 1. The second-order valence-corrected chi connectivity index (χ2v) is 5.88. The Kier molecular flexibility index (Phi) is 3.92. The molecular weight excluding hydrogens is 240 g/mol. The average Bonchev–Trinajstić information content (AvgIpc) is 2.38. The van der Waals surface area contributed by atoms with E-state index in [0.717, 1.165) is 5.69 Å². The summed E-state index contributed by atoms with van der Waals surface area (Å²) in [5.41, 5.74) is 7.83. The van der Waals surface area contributed by atoms with Gasteiger partial charge in [-0.3, -0.25) is 4.79 Å². The number of nitrogens with zero attached hydrogens (tertiary/aromatic N) is 1. The summed E-state index contributed by atoms with van der Waals surface area (Å²) in [6, 6.07) is 8.15. The van der Waals surface area contributed by atoms with Crippen LogP contribution in [0.3, 0.4) is 0 Å². The lowest BCUT2D eigenvalue weighted by atomic mass is 9.87. The summed E-state index contributed by atoms with van der Waals surface area (Å²) in [6.07, 6.45) is -0.504. The van der Waals surface area contributed by atoms with Gasteiger partial charge in [0.1, 0.15) is 6.10 Å². The van der Waals surface area contributed by atoms with E-state index in [1.807, 2.05) is 12.1 Å². The van der Waals surface area contributed by atoms with Gasteiger partial charge >= 0.3 is 0 Å². The molecule has 4 heteroatoms. The molecule has 0 saturated carbocycles. The van der Waals surface area contributed by atoms with Gasteiger partial charge in [-0.05, 0) is 23.1 Å². The maximum atomic E-state index is 12.2. The van der Waals surface area contributed by atoms with Crippen molar-refractivity contribution in [2.45, 2.75) is 32.3 Å². The van der Waals surface area contributed by atoms with Gasteiger partial charge in [-0.15, -0.1) is 0 Å². The SMILES string of the molecule is CC(C)(C)c1ccc(N2CCOC(CN)C2=O)cc1. The van der Waals surface area contributed by atoms with E-state index in [0.29, 0.717) is 13.2 Å². The zero-order valence-corrected chi connectivity index (χ0v) is 11.8. The van der Waals surface area contributed by atoms with E-state index in [9.17, 15) is 4.79 Å². The standard InChI is InChI=1S/C15H22N2O2/c1-15(2,3)11-4-6-12(7-5-11)17-8-9-19-13(10-16)14(17)18/h4-7,13H,8-10,16H2,1-3H3. The van der Waals surface area contributed by atoms with Gasteiger partial charge in [0.2, 0.25) is 0 Å². The lowest BCUT2D eigenvalue weighted by Gasteiger charge is -2.32. The monoisotopic (exact) mass is 262 g/mol. The molecule has 0 spiro atoms. The molecule has 1 aromatic rings. The van der Waals surface area contributed by atoms with Gasteiger partial charge in [-0.1, -0.05) is 32.9 Å². The van der Waals surface area contributed by atoms with Crippen LogP contribution in [0.25, 0.3) is 0 Å². The number of benzene rings is 1. The van der Waals surface area contributed by atoms with Crippen LogP contribution in [0, 0.1) is 0 Å². The Morgan fingerprint density at radius 1 is 1.32 bits per heavy atom. The Morgan fingerprint density at radius 3 is 2.47 bits per heavy atom. The van der Waals surface area contributed by atoms with Crippen LogP contribution in [0.15, 0.2) is 24.3 Å². The third kappa shape index (κ3) is 2.96. The van der Waals surface area contributed by atoms with Crippen LogP contribution < -0.4 is 10.6 Å². The lowest BCUT2D eigenvalue weighted by Crippen LogP contribution is -2.50. The number of carbonyl (C=O) groups excluding carboxylic acids is 1. The molecule has 1 unspecified atom stereocenters. The van der Waals surface area contributed by atoms with E-state index in [1.165, 1.54) is 5.56 Å². The minimum atomic E-state index is -0.504. The van der Waals surface area contributed by atoms with E-state index >= 15 is 0 Å². The number of ether oxygens (including phenoxy) is 1. The molecule has 0 bridgehead atoms. The molecule has 0 radical (unpaired) electrons. The molecule has 4 nitrogen and oxygen atoms in total. The van der Waals surface area contributed by atoms with Gasteiger partial charge < -0.3 is 15.4 Å². The number of hydrogen-bond donors (Lipinski definition) is 1. The molecule has 2 rings (SSSR count). The Hall–Kier alpha value is -1.39. The number of amides is 1. The van der Waals surface area contributed by atoms with Crippen molar-refractivity contribution < 1.29 is 9.53 Å². The summed E-state index contributed by atoms with van der Waals surface area (Å²) in [5.74, 6) is -0.0442. The molecule has 1 fully saturated rings. The minimum absolute atomic E-state index is 0.0442. The van der Waals surface area contributed by atoms with E-state index in [-0.39, 0.29) is 17.9 Å². The summed E-state index contributed by atoms with van der Waals surface area (Å²) in [6.45, 7) is 7.87. The third-order valence-electron chi connectivity index (χ3n) is 3.43. The molecule has 0 aromatic heterocycles. The summed E-state index contributed by atoms with van der Waals surface area (Å²) < 4.78 is 5.35. The largest absolute Gasteiger partial charge is 0.365 e. The smallest absolute Gasteiger partial charge is 0.257 e. The van der Waals surface area contributed by atoms with Crippen LogP contribution in [0.1, 0.15) is 26.3 Å². The van der Waals surface area contributed by atoms with Gasteiger partial charge in [0.05, 0.1) is 6.61 Å². The van der Waals surface area contributed by atoms with Crippen molar-refractivity contribution in [3.8, 4) is 0 Å². The lowest BCUT2D eigenvalue weighted by molar-refractivity contribution is -0.133. The number of carbonyl (C=O) groups is 1. The second kappa shape index (κ2) is 5.31. The Balaban J connectivity index is 2.20. The van der Waals surface area contributed by atoms with Gasteiger partial charge in [0, 0.05) is 18.8 Å². The molecule has 1 aliphatic heterocycles. The highest BCUT2D eigenvalue weighted by molar-refractivity contribution is 5.97. The normalized spacial score (nSPS) is 20.7. The minimum Gasteiger partial charge on any atom is -0.365 e. The fraction of sp³-hybridized carbons (Fsp3) is 0.533. The molecule has 104 valence electrons. The van der Waals surface area contributed by atoms with Crippen LogP contribution >= 0.6 is 0 Å². The summed E-state index contributed by atoms with van der Waals surface area (Å²) in [4.78, 5) is 13.9. The van der Waals surface area contributed by atoms with Crippen LogP contribution in [-0.2, 0) is 14.9 Å². The van der Waals surface area contributed by atoms with Gasteiger partial charge in [0.15, 0.2) is 0 Å². The van der Waals surface area contributed by atoms with Crippen LogP contribution in [0.2, 0.25) is 0 Å². The van der Waals surface area contributed by atoms with Gasteiger partial charge in [-0.2, -0.15) is 0 Å². The molecule has 1 aliphatic rings. The Bertz CT molecular complexity index is 448. The first kappa shape index (κ1) is 14.0. The molecule has 0 aliphatic carbocycles. The molecule has 1 saturated heterocycles. The van der Waals surface area contributed by atoms with E-state index in [4.69, 9.17) is 10.5 Å². The van der Waals surface area contributed by atoms with E-state index in [1.54, 1.807) is 4.90 Å². The summed E-state index contributed by atoms with van der Waals surface area (Å²) in [5, 5.41) is 0. The summed E-state index contributed by atoms with van der Waals surface area (Å²) >= 11 is 0. The van der Waals surface area contributed by atoms with Crippen molar-refractivity contribution in [1.29, 1.82) is 0 Å². The van der Waals surface area contributed by atoms with Crippen LogP contribution in [-0.4, -0.2) is 31.7 Å². The first-order chi connectivity index (χ1) is 8.93. The fourth-order valence-electron chi connectivity index (χ4n) is 2.21. The van der Waals surface area contributed by atoms with Gasteiger partial charge in [0.25, 0.3) is 5.91 Å². The highest BCUT2D eigenvalue weighted by atomic mass is 16.5. The molecule has 1 atom stereocenters. The number of rotatable bonds is 2. The Labute approximate surface area is 114 Å². The maximum Gasteiger partial charge on any atom is 0.257 e. The van der Waals surface area contributed by atoms with Crippen molar-refractivity contribution in [2.24, 2.45) is 5.73 Å².